The molecule has 33 heavy (non-hydrogen) atoms. The normalized spacial score (nSPS) is 13.0. The highest BCUT2D eigenvalue weighted by molar-refractivity contribution is 7.21. The van der Waals surface area contributed by atoms with Crippen LogP contribution in [0, 0.1) is 0 Å². The lowest BCUT2D eigenvalue weighted by Gasteiger charge is -2.20. The van der Waals surface area contributed by atoms with E-state index in [0.717, 1.165) is 48.0 Å². The SMILES string of the molecule is COc1ccccc1NC(=O)c1sc2nc(CCc3ccccc3)c3c(c2c1N)CCCC3. The molecule has 0 bridgehead atoms. The number of aryl methyl sites for hydroxylation is 3. The maximum atomic E-state index is 13.2. The van der Waals surface area contributed by atoms with Crippen molar-refractivity contribution in [3.63, 3.8) is 0 Å². The van der Waals surface area contributed by atoms with Crippen LogP contribution in [0.2, 0.25) is 0 Å². The van der Waals surface area contributed by atoms with Gasteiger partial charge in [0.2, 0.25) is 0 Å². The summed E-state index contributed by atoms with van der Waals surface area (Å²) in [6.45, 7) is 0. The van der Waals surface area contributed by atoms with Crippen LogP contribution < -0.4 is 15.8 Å². The van der Waals surface area contributed by atoms with Crippen LogP contribution in [0.25, 0.3) is 10.2 Å². The van der Waals surface area contributed by atoms with Crippen LogP contribution in [0.15, 0.2) is 54.6 Å². The average Bonchev–Trinajstić information content (AvgIpc) is 3.20. The molecule has 2 heterocycles. The fraction of sp³-hybridized carbons (Fsp3) is 0.259. The Balaban J connectivity index is 1.51. The van der Waals surface area contributed by atoms with Crippen LogP contribution in [0.1, 0.15) is 44.9 Å². The molecule has 5 rings (SSSR count). The summed E-state index contributed by atoms with van der Waals surface area (Å²) in [5, 5.41) is 3.93. The van der Waals surface area contributed by atoms with Crippen LogP contribution in [-0.4, -0.2) is 18.0 Å². The molecule has 6 heteroatoms. The number of amides is 1. The van der Waals surface area contributed by atoms with E-state index in [1.165, 1.54) is 34.4 Å². The monoisotopic (exact) mass is 457 g/mol. The first-order valence-electron chi connectivity index (χ1n) is 11.4. The number of para-hydroxylation sites is 2. The lowest BCUT2D eigenvalue weighted by molar-refractivity contribution is 0.103. The minimum atomic E-state index is -0.226. The Hall–Kier alpha value is -3.38. The third-order valence-electron chi connectivity index (χ3n) is 6.34. The Morgan fingerprint density at radius 2 is 1.76 bits per heavy atom. The predicted molar refractivity (Wildman–Crippen MR) is 135 cm³/mol. The minimum absolute atomic E-state index is 0.226. The molecule has 0 saturated heterocycles. The number of methoxy groups -OCH3 is 1. The first kappa shape index (κ1) is 21.5. The van der Waals surface area contributed by atoms with E-state index < -0.39 is 0 Å². The van der Waals surface area contributed by atoms with E-state index in [-0.39, 0.29) is 5.91 Å². The lowest BCUT2D eigenvalue weighted by Crippen LogP contribution is -2.13. The van der Waals surface area contributed by atoms with Gasteiger partial charge in [-0.2, -0.15) is 0 Å². The van der Waals surface area contributed by atoms with Crippen molar-refractivity contribution in [3.05, 3.63) is 81.9 Å². The molecule has 168 valence electrons. The lowest BCUT2D eigenvalue weighted by atomic mass is 9.87. The van der Waals surface area contributed by atoms with E-state index in [1.807, 2.05) is 30.3 Å². The van der Waals surface area contributed by atoms with Crippen LogP contribution in [0.4, 0.5) is 11.4 Å². The number of fused-ring (bicyclic) bond motifs is 3. The quantitative estimate of drug-likeness (QED) is 0.383. The molecule has 0 radical (unpaired) electrons. The third kappa shape index (κ3) is 4.18. The molecule has 0 aliphatic heterocycles. The molecule has 5 nitrogen and oxygen atoms in total. The Labute approximate surface area is 197 Å². The molecular weight excluding hydrogens is 430 g/mol. The van der Waals surface area contributed by atoms with Gasteiger partial charge in [0.05, 0.1) is 18.5 Å². The zero-order chi connectivity index (χ0) is 22.8. The Bertz CT molecular complexity index is 1310. The van der Waals surface area contributed by atoms with Crippen molar-refractivity contribution in [3.8, 4) is 5.75 Å². The van der Waals surface area contributed by atoms with Gasteiger partial charge in [0, 0.05) is 11.1 Å². The van der Waals surface area contributed by atoms with Crippen molar-refractivity contribution < 1.29 is 9.53 Å². The highest BCUT2D eigenvalue weighted by atomic mass is 32.1. The molecule has 3 N–H and O–H groups in total. The zero-order valence-corrected chi connectivity index (χ0v) is 19.5. The van der Waals surface area contributed by atoms with E-state index in [1.54, 1.807) is 7.11 Å². The van der Waals surface area contributed by atoms with Gasteiger partial charge in [0.15, 0.2) is 0 Å². The summed E-state index contributed by atoms with van der Waals surface area (Å²) in [4.78, 5) is 19.6. The average molecular weight is 458 g/mol. The third-order valence-corrected chi connectivity index (χ3v) is 7.43. The first-order chi connectivity index (χ1) is 16.2. The topological polar surface area (TPSA) is 77.2 Å². The number of rotatable bonds is 6. The van der Waals surface area contributed by atoms with Crippen molar-refractivity contribution in [2.45, 2.75) is 38.5 Å². The molecule has 1 aliphatic carbocycles. The number of carbonyl (C=O) groups is 1. The van der Waals surface area contributed by atoms with Gasteiger partial charge < -0.3 is 15.8 Å². The number of nitrogens with zero attached hydrogens (tertiary/aromatic N) is 1. The second-order valence-electron chi connectivity index (χ2n) is 8.39. The van der Waals surface area contributed by atoms with Gasteiger partial charge in [-0.15, -0.1) is 11.3 Å². The maximum Gasteiger partial charge on any atom is 0.268 e. The number of benzene rings is 2. The highest BCUT2D eigenvalue weighted by Crippen LogP contribution is 2.40. The molecule has 2 aromatic carbocycles. The number of pyridine rings is 1. The zero-order valence-electron chi connectivity index (χ0n) is 18.7. The van der Waals surface area contributed by atoms with Gasteiger partial charge in [-0.05, 0) is 67.3 Å². The van der Waals surface area contributed by atoms with E-state index in [0.29, 0.717) is 22.0 Å². The van der Waals surface area contributed by atoms with Gasteiger partial charge in [-0.1, -0.05) is 42.5 Å². The molecule has 0 fully saturated rings. The second kappa shape index (κ2) is 9.24. The molecule has 1 aliphatic rings. The van der Waals surface area contributed by atoms with E-state index in [2.05, 4.69) is 29.6 Å². The number of aromatic nitrogens is 1. The van der Waals surface area contributed by atoms with Gasteiger partial charge >= 0.3 is 0 Å². The summed E-state index contributed by atoms with van der Waals surface area (Å²) in [5.41, 5.74) is 12.8. The number of carbonyl (C=O) groups excluding carboxylic acids is 1. The predicted octanol–water partition coefficient (Wildman–Crippen LogP) is 5.80. The summed E-state index contributed by atoms with van der Waals surface area (Å²) in [6, 6.07) is 17.9. The number of thiophene rings is 1. The number of anilines is 2. The molecule has 0 spiro atoms. The smallest absolute Gasteiger partial charge is 0.268 e. The molecule has 2 aromatic heterocycles. The number of nitrogens with two attached hydrogens (primary N) is 1. The van der Waals surface area contributed by atoms with Crippen molar-refractivity contribution in [2.24, 2.45) is 0 Å². The number of hydrogen-bond donors (Lipinski definition) is 2. The molecule has 0 saturated carbocycles. The fourth-order valence-corrected chi connectivity index (χ4v) is 5.74. The standard InChI is InChI=1S/C27H27N3O2S/c1-32-22-14-8-7-13-21(22)29-26(31)25-24(28)23-19-12-6-5-11-18(19)20(30-27(23)33-25)16-15-17-9-3-2-4-10-17/h2-4,7-10,13-14H,5-6,11-12,15-16,28H2,1H3,(H,29,31). The molecular formula is C27H27N3O2S. The minimum Gasteiger partial charge on any atom is -0.495 e. The summed E-state index contributed by atoms with van der Waals surface area (Å²) >= 11 is 1.38. The summed E-state index contributed by atoms with van der Waals surface area (Å²) in [6.07, 6.45) is 6.17. The number of nitrogen functional groups attached to an aromatic ring is 1. The molecule has 0 unspecified atom stereocenters. The Kier molecular flexibility index (Phi) is 6.01. The highest BCUT2D eigenvalue weighted by Gasteiger charge is 2.25. The van der Waals surface area contributed by atoms with Gasteiger partial charge in [0.1, 0.15) is 15.5 Å². The Morgan fingerprint density at radius 1 is 1.03 bits per heavy atom. The molecule has 0 atom stereocenters. The summed E-state index contributed by atoms with van der Waals surface area (Å²) in [7, 11) is 1.59. The summed E-state index contributed by atoms with van der Waals surface area (Å²) in [5.74, 6) is 0.389. The molecule has 1 amide bonds. The van der Waals surface area contributed by atoms with Crippen molar-refractivity contribution >= 4 is 38.8 Å². The van der Waals surface area contributed by atoms with Gasteiger partial charge in [-0.3, -0.25) is 4.79 Å². The number of ether oxygens (including phenoxy) is 1. The van der Waals surface area contributed by atoms with Crippen LogP contribution in [-0.2, 0) is 25.7 Å². The van der Waals surface area contributed by atoms with Crippen molar-refractivity contribution in [2.75, 3.05) is 18.2 Å². The second-order valence-corrected chi connectivity index (χ2v) is 9.39. The Morgan fingerprint density at radius 3 is 2.55 bits per heavy atom. The van der Waals surface area contributed by atoms with Crippen molar-refractivity contribution in [1.82, 2.24) is 4.98 Å². The van der Waals surface area contributed by atoms with Gasteiger partial charge in [0.25, 0.3) is 5.91 Å². The van der Waals surface area contributed by atoms with E-state index >= 15 is 0 Å². The van der Waals surface area contributed by atoms with Crippen LogP contribution in [0.5, 0.6) is 5.75 Å². The van der Waals surface area contributed by atoms with Gasteiger partial charge in [-0.25, -0.2) is 4.98 Å². The first-order valence-corrected chi connectivity index (χ1v) is 12.2. The molecule has 4 aromatic rings. The van der Waals surface area contributed by atoms with E-state index in [4.69, 9.17) is 15.5 Å². The number of nitrogens with one attached hydrogen (secondary N) is 1. The number of hydrogen-bond acceptors (Lipinski definition) is 5. The summed E-state index contributed by atoms with van der Waals surface area (Å²) < 4.78 is 5.37. The maximum absolute atomic E-state index is 13.2. The van der Waals surface area contributed by atoms with Crippen LogP contribution >= 0.6 is 11.3 Å². The fourth-order valence-electron chi connectivity index (χ4n) is 4.70. The largest absolute Gasteiger partial charge is 0.495 e. The van der Waals surface area contributed by atoms with E-state index in [9.17, 15) is 4.79 Å². The van der Waals surface area contributed by atoms with Crippen molar-refractivity contribution in [1.29, 1.82) is 0 Å². The van der Waals surface area contributed by atoms with Crippen LogP contribution in [0.3, 0.4) is 0 Å².